The van der Waals surface area contributed by atoms with Gasteiger partial charge in [-0.15, -0.1) is 0 Å². The van der Waals surface area contributed by atoms with Crippen LogP contribution in [-0.4, -0.2) is 34.8 Å². The molecule has 3 N–H and O–H groups in total. The van der Waals surface area contributed by atoms with E-state index in [1.54, 1.807) is 0 Å². The first-order chi connectivity index (χ1) is 9.92. The Balaban J connectivity index is 1.86. The lowest BCUT2D eigenvalue weighted by molar-refractivity contribution is 0.277. The van der Waals surface area contributed by atoms with Gasteiger partial charge < -0.3 is 10.1 Å². The number of aliphatic hydroxyl groups is 1. The standard InChI is InChI=1S/C13H20N4O3S/c1-10-6-11(2)17(16-10)5-3-4-15-21(19,20)13-7-12(9-18)14-8-13/h6-8,14-15,18H,3-5,9H2,1-2H3. The van der Waals surface area contributed by atoms with Gasteiger partial charge in [0, 0.05) is 30.7 Å². The summed E-state index contributed by atoms with van der Waals surface area (Å²) >= 11 is 0. The van der Waals surface area contributed by atoms with E-state index in [9.17, 15) is 8.42 Å². The Morgan fingerprint density at radius 2 is 2.14 bits per heavy atom. The minimum absolute atomic E-state index is 0.137. The van der Waals surface area contributed by atoms with Crippen LogP contribution in [0.15, 0.2) is 23.2 Å². The maximum atomic E-state index is 12.0. The predicted octanol–water partition coefficient (Wildman–Crippen LogP) is 0.689. The average Bonchev–Trinajstić information content (AvgIpc) is 3.02. The summed E-state index contributed by atoms with van der Waals surface area (Å²) in [5.74, 6) is 0. The maximum Gasteiger partial charge on any atom is 0.242 e. The van der Waals surface area contributed by atoms with Crippen molar-refractivity contribution in [2.24, 2.45) is 0 Å². The topological polar surface area (TPSA) is 100 Å². The molecule has 0 fully saturated rings. The van der Waals surface area contributed by atoms with Gasteiger partial charge in [-0.3, -0.25) is 4.68 Å². The molecule has 2 aromatic heterocycles. The fourth-order valence-corrected chi connectivity index (χ4v) is 3.18. The quantitative estimate of drug-likeness (QED) is 0.655. The summed E-state index contributed by atoms with van der Waals surface area (Å²) in [6.07, 6.45) is 2.02. The summed E-state index contributed by atoms with van der Waals surface area (Å²) in [6, 6.07) is 3.41. The number of hydrogen-bond acceptors (Lipinski definition) is 4. The van der Waals surface area contributed by atoms with Crippen molar-refractivity contribution in [2.45, 2.75) is 38.3 Å². The van der Waals surface area contributed by atoms with E-state index in [0.29, 0.717) is 25.2 Å². The van der Waals surface area contributed by atoms with E-state index in [1.165, 1.54) is 12.3 Å². The summed E-state index contributed by atoms with van der Waals surface area (Å²) in [7, 11) is -3.53. The fraction of sp³-hybridized carbons (Fsp3) is 0.462. The molecule has 0 amide bonds. The third-order valence-corrected chi connectivity index (χ3v) is 4.58. The van der Waals surface area contributed by atoms with Gasteiger partial charge in [-0.25, -0.2) is 13.1 Å². The first kappa shape index (κ1) is 15.7. The zero-order valence-electron chi connectivity index (χ0n) is 12.1. The molecule has 8 heteroatoms. The molecule has 0 bridgehead atoms. The van der Waals surface area contributed by atoms with Crippen LogP contribution in [0.25, 0.3) is 0 Å². The third kappa shape index (κ3) is 3.93. The molecule has 7 nitrogen and oxygen atoms in total. The van der Waals surface area contributed by atoms with Gasteiger partial charge in [0.15, 0.2) is 0 Å². The Labute approximate surface area is 124 Å². The van der Waals surface area contributed by atoms with Gasteiger partial charge in [-0.2, -0.15) is 5.10 Å². The monoisotopic (exact) mass is 312 g/mol. The lowest BCUT2D eigenvalue weighted by Crippen LogP contribution is -2.25. The molecular formula is C13H20N4O3S. The van der Waals surface area contributed by atoms with Crippen molar-refractivity contribution in [1.29, 1.82) is 0 Å². The highest BCUT2D eigenvalue weighted by Gasteiger charge is 2.15. The molecule has 0 aromatic carbocycles. The second-order valence-electron chi connectivity index (χ2n) is 4.92. The molecule has 0 spiro atoms. The number of aryl methyl sites for hydroxylation is 3. The highest BCUT2D eigenvalue weighted by molar-refractivity contribution is 7.89. The number of aromatic amines is 1. The SMILES string of the molecule is Cc1cc(C)n(CCCNS(=O)(=O)c2c[nH]c(CO)c2)n1. The van der Waals surface area contributed by atoms with Crippen LogP contribution in [0, 0.1) is 13.8 Å². The van der Waals surface area contributed by atoms with E-state index >= 15 is 0 Å². The van der Waals surface area contributed by atoms with Crippen LogP contribution < -0.4 is 4.72 Å². The van der Waals surface area contributed by atoms with Crippen LogP contribution in [0.4, 0.5) is 0 Å². The zero-order valence-corrected chi connectivity index (χ0v) is 12.9. The van der Waals surface area contributed by atoms with Crippen LogP contribution in [0.5, 0.6) is 0 Å². The lowest BCUT2D eigenvalue weighted by Gasteiger charge is -2.06. The summed E-state index contributed by atoms with van der Waals surface area (Å²) in [6.45, 7) is 4.68. The van der Waals surface area contributed by atoms with Crippen molar-refractivity contribution >= 4 is 10.0 Å². The van der Waals surface area contributed by atoms with Gasteiger partial charge in [-0.1, -0.05) is 0 Å². The van der Waals surface area contributed by atoms with Crippen molar-refractivity contribution in [2.75, 3.05) is 6.54 Å². The lowest BCUT2D eigenvalue weighted by atomic mass is 10.4. The summed E-state index contributed by atoms with van der Waals surface area (Å²) < 4.78 is 28.4. The van der Waals surface area contributed by atoms with E-state index in [2.05, 4.69) is 14.8 Å². The normalized spacial score (nSPS) is 12.0. The van der Waals surface area contributed by atoms with Crippen molar-refractivity contribution < 1.29 is 13.5 Å². The largest absolute Gasteiger partial charge is 0.390 e. The summed E-state index contributed by atoms with van der Waals surface area (Å²) in [5, 5.41) is 13.3. The maximum absolute atomic E-state index is 12.0. The van der Waals surface area contributed by atoms with Crippen molar-refractivity contribution in [3.8, 4) is 0 Å². The molecule has 21 heavy (non-hydrogen) atoms. The Morgan fingerprint density at radius 3 is 2.71 bits per heavy atom. The highest BCUT2D eigenvalue weighted by atomic mass is 32.2. The van der Waals surface area contributed by atoms with Crippen molar-refractivity contribution in [3.05, 3.63) is 35.4 Å². The molecule has 0 unspecified atom stereocenters. The number of sulfonamides is 1. The summed E-state index contributed by atoms with van der Waals surface area (Å²) in [4.78, 5) is 2.84. The van der Waals surface area contributed by atoms with Crippen LogP contribution in [0.3, 0.4) is 0 Å². The van der Waals surface area contributed by atoms with Crippen LogP contribution >= 0.6 is 0 Å². The number of nitrogens with one attached hydrogen (secondary N) is 2. The van der Waals surface area contributed by atoms with Gasteiger partial charge in [0.2, 0.25) is 10.0 Å². The molecule has 2 aromatic rings. The smallest absolute Gasteiger partial charge is 0.242 e. The fourth-order valence-electron chi connectivity index (χ4n) is 2.09. The molecule has 0 aliphatic heterocycles. The third-order valence-electron chi connectivity index (χ3n) is 3.14. The molecule has 2 rings (SSSR count). The van der Waals surface area contributed by atoms with Gasteiger partial charge >= 0.3 is 0 Å². The number of aliphatic hydroxyl groups excluding tert-OH is 1. The number of rotatable bonds is 7. The van der Waals surface area contributed by atoms with Gasteiger partial charge in [0.05, 0.1) is 17.2 Å². The van der Waals surface area contributed by atoms with E-state index in [-0.39, 0.29) is 11.5 Å². The van der Waals surface area contributed by atoms with Crippen LogP contribution in [-0.2, 0) is 23.2 Å². The van der Waals surface area contributed by atoms with Gasteiger partial charge in [-0.05, 0) is 32.4 Å². The van der Waals surface area contributed by atoms with Crippen molar-refractivity contribution in [3.63, 3.8) is 0 Å². The minimum Gasteiger partial charge on any atom is -0.390 e. The van der Waals surface area contributed by atoms with E-state index in [1.807, 2.05) is 24.6 Å². The molecule has 0 aliphatic rings. The van der Waals surface area contributed by atoms with Crippen LogP contribution in [0.1, 0.15) is 23.5 Å². The molecule has 0 radical (unpaired) electrons. The molecule has 0 saturated heterocycles. The minimum atomic E-state index is -3.53. The number of hydrogen-bond donors (Lipinski definition) is 3. The van der Waals surface area contributed by atoms with Gasteiger partial charge in [0.1, 0.15) is 0 Å². The van der Waals surface area contributed by atoms with E-state index in [4.69, 9.17) is 5.11 Å². The Kier molecular flexibility index (Phi) is 4.81. The molecule has 116 valence electrons. The van der Waals surface area contributed by atoms with Gasteiger partial charge in [0.25, 0.3) is 0 Å². The second-order valence-corrected chi connectivity index (χ2v) is 6.69. The number of nitrogens with zero attached hydrogens (tertiary/aromatic N) is 2. The van der Waals surface area contributed by atoms with E-state index < -0.39 is 10.0 Å². The Morgan fingerprint density at radius 1 is 1.38 bits per heavy atom. The molecule has 2 heterocycles. The number of aromatic nitrogens is 3. The molecular weight excluding hydrogens is 292 g/mol. The first-order valence-electron chi connectivity index (χ1n) is 6.71. The first-order valence-corrected chi connectivity index (χ1v) is 8.19. The van der Waals surface area contributed by atoms with Crippen LogP contribution in [0.2, 0.25) is 0 Å². The summed E-state index contributed by atoms with van der Waals surface area (Å²) in [5.41, 5.74) is 2.49. The zero-order chi connectivity index (χ0) is 15.5. The molecule has 0 aliphatic carbocycles. The average molecular weight is 312 g/mol. The highest BCUT2D eigenvalue weighted by Crippen LogP contribution is 2.10. The Bertz CT molecular complexity index is 703. The number of H-pyrrole nitrogens is 1. The predicted molar refractivity (Wildman–Crippen MR) is 78.2 cm³/mol. The molecule has 0 saturated carbocycles. The van der Waals surface area contributed by atoms with E-state index in [0.717, 1.165) is 11.4 Å². The van der Waals surface area contributed by atoms with Crippen molar-refractivity contribution in [1.82, 2.24) is 19.5 Å². The molecule has 0 atom stereocenters. The Hall–Kier alpha value is -1.64. The second kappa shape index (κ2) is 6.42.